The van der Waals surface area contributed by atoms with Crippen LogP contribution in [0.5, 0.6) is 0 Å². The second-order valence-electron chi connectivity index (χ2n) is 5.89. The Balaban J connectivity index is 1.48. The van der Waals surface area contributed by atoms with Gasteiger partial charge in [0.05, 0.1) is 0 Å². The van der Waals surface area contributed by atoms with Crippen molar-refractivity contribution in [3.63, 3.8) is 0 Å². The highest BCUT2D eigenvalue weighted by molar-refractivity contribution is 6.29. The number of nitrogens with zero attached hydrogens (tertiary/aromatic N) is 1. The number of carbonyl (C=O) groups excluding carboxylic acids is 1. The van der Waals surface area contributed by atoms with Gasteiger partial charge in [-0.05, 0) is 43.5 Å². The lowest BCUT2D eigenvalue weighted by Gasteiger charge is -2.20. The van der Waals surface area contributed by atoms with Crippen LogP contribution < -0.4 is 10.6 Å². The Kier molecular flexibility index (Phi) is 3.39. The average molecular weight is 318 g/mol. The van der Waals surface area contributed by atoms with Gasteiger partial charge >= 0.3 is 0 Å². The smallest absolute Gasteiger partial charge is 0.287 e. The molecule has 2 saturated heterocycles. The van der Waals surface area contributed by atoms with Crippen molar-refractivity contribution in [3.8, 4) is 11.3 Å². The van der Waals surface area contributed by atoms with E-state index >= 15 is 0 Å². The highest BCUT2D eigenvalue weighted by Crippen LogP contribution is 2.29. The van der Waals surface area contributed by atoms with Gasteiger partial charge in [-0.15, -0.1) is 0 Å². The first-order valence-corrected chi connectivity index (χ1v) is 7.85. The molecule has 0 radical (unpaired) electrons. The number of amides is 1. The number of carbonyl (C=O) groups is 1. The molecule has 2 aromatic heterocycles. The van der Waals surface area contributed by atoms with Crippen molar-refractivity contribution in [1.82, 2.24) is 15.6 Å². The zero-order valence-electron chi connectivity index (χ0n) is 11.9. The van der Waals surface area contributed by atoms with E-state index in [1.165, 1.54) is 6.42 Å². The van der Waals surface area contributed by atoms with Crippen molar-refractivity contribution in [2.45, 2.75) is 37.4 Å². The summed E-state index contributed by atoms with van der Waals surface area (Å²) in [4.78, 5) is 16.3. The van der Waals surface area contributed by atoms with Crippen molar-refractivity contribution in [1.29, 1.82) is 0 Å². The van der Waals surface area contributed by atoms with E-state index in [1.54, 1.807) is 30.5 Å². The van der Waals surface area contributed by atoms with E-state index in [2.05, 4.69) is 15.6 Å². The second-order valence-corrected chi connectivity index (χ2v) is 6.28. The van der Waals surface area contributed by atoms with E-state index in [9.17, 15) is 4.79 Å². The molecule has 0 aromatic carbocycles. The third-order valence-corrected chi connectivity index (χ3v) is 4.66. The topological polar surface area (TPSA) is 67.2 Å². The Morgan fingerprint density at radius 1 is 1.36 bits per heavy atom. The molecule has 2 bridgehead atoms. The van der Waals surface area contributed by atoms with Crippen LogP contribution in [0.2, 0.25) is 5.15 Å². The summed E-state index contributed by atoms with van der Waals surface area (Å²) in [7, 11) is 0. The molecule has 5 nitrogen and oxygen atoms in total. The van der Waals surface area contributed by atoms with Gasteiger partial charge in [0.2, 0.25) is 0 Å². The minimum atomic E-state index is -0.161. The molecule has 0 unspecified atom stereocenters. The lowest BCUT2D eigenvalue weighted by atomic mass is 9.95. The second kappa shape index (κ2) is 5.41. The summed E-state index contributed by atoms with van der Waals surface area (Å²) < 4.78 is 5.66. The largest absolute Gasteiger partial charge is 0.451 e. The van der Waals surface area contributed by atoms with Gasteiger partial charge in [0.15, 0.2) is 5.76 Å². The number of hydrogen-bond donors (Lipinski definition) is 2. The number of nitrogens with one attached hydrogen (secondary N) is 2. The van der Waals surface area contributed by atoms with E-state index in [0.29, 0.717) is 28.8 Å². The molecule has 22 heavy (non-hydrogen) atoms. The molecule has 2 aromatic rings. The molecule has 0 aliphatic carbocycles. The maximum atomic E-state index is 12.3. The molecular weight excluding hydrogens is 302 g/mol. The van der Waals surface area contributed by atoms with Crippen molar-refractivity contribution < 1.29 is 9.21 Å². The van der Waals surface area contributed by atoms with Gasteiger partial charge in [0, 0.05) is 29.9 Å². The molecule has 4 heterocycles. The Bertz CT molecular complexity index is 715. The van der Waals surface area contributed by atoms with Crippen molar-refractivity contribution in [3.05, 3.63) is 41.4 Å². The summed E-state index contributed by atoms with van der Waals surface area (Å²) in [6, 6.07) is 8.15. The molecule has 4 rings (SSSR count). The molecule has 2 aliphatic rings. The number of hydrogen-bond acceptors (Lipinski definition) is 4. The van der Waals surface area contributed by atoms with Crippen molar-refractivity contribution >= 4 is 17.5 Å². The van der Waals surface area contributed by atoms with Crippen LogP contribution in [0.4, 0.5) is 0 Å². The SMILES string of the molecule is O=C(N[C@@H]1C[C@@H]2CC[C@@H]1N2)c1ccc(-c2ccnc(Cl)c2)o1. The zero-order valence-corrected chi connectivity index (χ0v) is 12.6. The van der Waals surface area contributed by atoms with E-state index in [0.717, 1.165) is 18.4 Å². The Morgan fingerprint density at radius 2 is 2.27 bits per heavy atom. The van der Waals surface area contributed by atoms with Crippen LogP contribution in [-0.4, -0.2) is 29.0 Å². The Hall–Kier alpha value is -1.85. The number of pyridine rings is 1. The average Bonchev–Trinajstić information content (AvgIpc) is 3.23. The predicted molar refractivity (Wildman–Crippen MR) is 82.8 cm³/mol. The fraction of sp³-hybridized carbons (Fsp3) is 0.375. The normalized spacial score (nSPS) is 26.3. The number of aromatic nitrogens is 1. The first-order chi connectivity index (χ1) is 10.7. The molecule has 114 valence electrons. The highest BCUT2D eigenvalue weighted by Gasteiger charge is 2.39. The van der Waals surface area contributed by atoms with Gasteiger partial charge in [-0.25, -0.2) is 4.98 Å². The molecule has 3 atom stereocenters. The third-order valence-electron chi connectivity index (χ3n) is 4.46. The number of fused-ring (bicyclic) bond motifs is 2. The summed E-state index contributed by atoms with van der Waals surface area (Å²) in [5, 5.41) is 6.97. The lowest BCUT2D eigenvalue weighted by molar-refractivity contribution is 0.0903. The summed E-state index contributed by atoms with van der Waals surface area (Å²) >= 11 is 5.87. The molecular formula is C16H16ClN3O2. The van der Waals surface area contributed by atoms with E-state index in [4.69, 9.17) is 16.0 Å². The van der Waals surface area contributed by atoms with Crippen LogP contribution in [0, 0.1) is 0 Å². The van der Waals surface area contributed by atoms with Crippen molar-refractivity contribution in [2.24, 2.45) is 0 Å². The zero-order chi connectivity index (χ0) is 15.1. The van der Waals surface area contributed by atoms with Crippen LogP contribution in [0.15, 0.2) is 34.9 Å². The summed E-state index contributed by atoms with van der Waals surface area (Å²) in [6.45, 7) is 0. The van der Waals surface area contributed by atoms with Gasteiger partial charge in [0.1, 0.15) is 10.9 Å². The van der Waals surface area contributed by atoms with Gasteiger partial charge < -0.3 is 15.1 Å². The lowest BCUT2D eigenvalue weighted by Crippen LogP contribution is -2.42. The first-order valence-electron chi connectivity index (χ1n) is 7.48. The maximum absolute atomic E-state index is 12.3. The fourth-order valence-electron chi connectivity index (χ4n) is 3.39. The van der Waals surface area contributed by atoms with E-state index < -0.39 is 0 Å². The minimum Gasteiger partial charge on any atom is -0.451 e. The number of rotatable bonds is 3. The first kappa shape index (κ1) is 13.8. The standard InChI is InChI=1S/C16H16ClN3O2/c17-15-7-9(5-6-18-15)13-3-4-14(22-13)16(21)20-12-8-10-1-2-11(12)19-10/h3-7,10-12,19H,1-2,8H2,(H,20,21)/t10-,11-,12+/m0/s1. The molecule has 6 heteroatoms. The highest BCUT2D eigenvalue weighted by atomic mass is 35.5. The Morgan fingerprint density at radius 3 is 3.00 bits per heavy atom. The van der Waals surface area contributed by atoms with Gasteiger partial charge in [0.25, 0.3) is 5.91 Å². The van der Waals surface area contributed by atoms with Crippen LogP contribution in [0.25, 0.3) is 11.3 Å². The van der Waals surface area contributed by atoms with Gasteiger partial charge in [-0.1, -0.05) is 11.6 Å². The summed E-state index contributed by atoms with van der Waals surface area (Å²) in [5.41, 5.74) is 0.806. The molecule has 0 saturated carbocycles. The quantitative estimate of drug-likeness (QED) is 0.854. The molecule has 2 N–H and O–H groups in total. The van der Waals surface area contributed by atoms with Crippen LogP contribution in [0.3, 0.4) is 0 Å². The number of furan rings is 1. The molecule has 2 fully saturated rings. The minimum absolute atomic E-state index is 0.161. The molecule has 2 aliphatic heterocycles. The van der Waals surface area contributed by atoms with Crippen LogP contribution in [0.1, 0.15) is 29.8 Å². The third kappa shape index (κ3) is 2.51. The van der Waals surface area contributed by atoms with Gasteiger partial charge in [-0.3, -0.25) is 4.79 Å². The fourth-order valence-corrected chi connectivity index (χ4v) is 3.57. The Labute approximate surface area is 133 Å². The van der Waals surface area contributed by atoms with E-state index in [-0.39, 0.29) is 11.9 Å². The molecule has 1 amide bonds. The van der Waals surface area contributed by atoms with Crippen LogP contribution in [-0.2, 0) is 0 Å². The molecule has 0 spiro atoms. The summed E-state index contributed by atoms with van der Waals surface area (Å²) in [5.74, 6) is 0.775. The predicted octanol–water partition coefficient (Wildman–Crippen LogP) is 2.62. The van der Waals surface area contributed by atoms with Crippen molar-refractivity contribution in [2.75, 3.05) is 0 Å². The monoisotopic (exact) mass is 317 g/mol. The van der Waals surface area contributed by atoms with E-state index in [1.807, 2.05) is 0 Å². The van der Waals surface area contributed by atoms with Crippen LogP contribution >= 0.6 is 11.6 Å². The summed E-state index contributed by atoms with van der Waals surface area (Å²) in [6.07, 6.45) is 4.96. The maximum Gasteiger partial charge on any atom is 0.287 e. The van der Waals surface area contributed by atoms with Gasteiger partial charge in [-0.2, -0.15) is 0 Å². The number of halogens is 1.